The van der Waals surface area contributed by atoms with Crippen LogP contribution in [0.5, 0.6) is 0 Å². The minimum Gasteiger partial charge on any atom is -0.357 e. The predicted molar refractivity (Wildman–Crippen MR) is 90.9 cm³/mol. The molecule has 1 unspecified atom stereocenters. The van der Waals surface area contributed by atoms with Crippen molar-refractivity contribution in [2.75, 3.05) is 12.4 Å². The van der Waals surface area contributed by atoms with E-state index in [9.17, 15) is 24.0 Å². The van der Waals surface area contributed by atoms with Crippen molar-refractivity contribution >= 4 is 36.1 Å². The lowest BCUT2D eigenvalue weighted by Crippen LogP contribution is -2.48. The molecule has 0 saturated heterocycles. The van der Waals surface area contributed by atoms with E-state index in [1.807, 2.05) is 0 Å². The summed E-state index contributed by atoms with van der Waals surface area (Å²) in [4.78, 5) is 58.9. The Morgan fingerprint density at radius 3 is 2.44 bits per heavy atom. The lowest BCUT2D eigenvalue weighted by Gasteiger charge is -2.25. The summed E-state index contributed by atoms with van der Waals surface area (Å²) in [6.07, 6.45) is 0.947. The van der Waals surface area contributed by atoms with Crippen LogP contribution in [0, 0.1) is 6.92 Å². The number of nitrogens with one attached hydrogen (secondary N) is 2. The van der Waals surface area contributed by atoms with E-state index in [2.05, 4.69) is 10.6 Å². The number of carbonyl (C=O) groups is 5. The molecule has 25 heavy (non-hydrogen) atoms. The van der Waals surface area contributed by atoms with E-state index in [4.69, 9.17) is 0 Å². The van der Waals surface area contributed by atoms with Crippen LogP contribution in [0.15, 0.2) is 18.2 Å². The monoisotopic (exact) mass is 347 g/mol. The first-order chi connectivity index (χ1) is 11.9. The van der Waals surface area contributed by atoms with Gasteiger partial charge in [0.2, 0.25) is 18.2 Å². The highest BCUT2D eigenvalue weighted by molar-refractivity contribution is 6.05. The quantitative estimate of drug-likeness (QED) is 0.670. The molecule has 0 bridgehead atoms. The van der Waals surface area contributed by atoms with Gasteiger partial charge in [0.25, 0.3) is 5.91 Å². The van der Waals surface area contributed by atoms with Crippen LogP contribution in [0.1, 0.15) is 35.7 Å². The van der Waals surface area contributed by atoms with Crippen LogP contribution in [0.25, 0.3) is 0 Å². The Morgan fingerprint density at radius 1 is 1.24 bits per heavy atom. The minimum atomic E-state index is -1.09. The van der Waals surface area contributed by atoms with Gasteiger partial charge in [-0.3, -0.25) is 24.1 Å². The van der Waals surface area contributed by atoms with E-state index in [-0.39, 0.29) is 30.7 Å². The van der Waals surface area contributed by atoms with Crippen LogP contribution in [0.3, 0.4) is 0 Å². The van der Waals surface area contributed by atoms with Crippen molar-refractivity contribution in [3.63, 3.8) is 0 Å². The van der Waals surface area contributed by atoms with Gasteiger partial charge in [-0.1, -0.05) is 6.07 Å². The van der Waals surface area contributed by atoms with Crippen molar-refractivity contribution in [2.24, 2.45) is 0 Å². The van der Waals surface area contributed by atoms with E-state index < -0.39 is 17.9 Å². The van der Waals surface area contributed by atoms with Crippen LogP contribution < -0.4 is 10.6 Å². The van der Waals surface area contributed by atoms with Crippen LogP contribution in [0.4, 0.5) is 5.69 Å². The number of anilines is 1. The largest absolute Gasteiger partial charge is 0.357 e. The van der Waals surface area contributed by atoms with E-state index >= 15 is 0 Å². The zero-order valence-electron chi connectivity index (χ0n) is 14.4. The topological polar surface area (TPSA) is 113 Å². The molecule has 0 aliphatic rings. The second-order valence-corrected chi connectivity index (χ2v) is 5.35. The van der Waals surface area contributed by atoms with Crippen LogP contribution >= 0.6 is 0 Å². The fourth-order valence-electron chi connectivity index (χ4n) is 2.38. The van der Waals surface area contributed by atoms with Gasteiger partial charge in [0.1, 0.15) is 12.3 Å². The van der Waals surface area contributed by atoms with Crippen molar-refractivity contribution in [3.8, 4) is 0 Å². The number of carbonyl (C=O) groups excluding carboxylic acids is 5. The van der Waals surface area contributed by atoms with E-state index in [0.29, 0.717) is 17.5 Å². The zero-order chi connectivity index (χ0) is 19.0. The molecule has 0 fully saturated rings. The summed E-state index contributed by atoms with van der Waals surface area (Å²) in [6, 6.07) is 3.60. The first-order valence-electron chi connectivity index (χ1n) is 7.67. The second kappa shape index (κ2) is 9.31. The molecule has 1 atom stereocenters. The number of nitrogens with zero attached hydrogens (tertiary/aromatic N) is 1. The highest BCUT2D eigenvalue weighted by atomic mass is 16.2. The molecule has 8 nitrogen and oxygen atoms in total. The average molecular weight is 347 g/mol. The molecule has 0 aliphatic carbocycles. The molecule has 4 amide bonds. The normalized spacial score (nSPS) is 11.2. The molecule has 0 spiro atoms. The second-order valence-electron chi connectivity index (χ2n) is 5.35. The molecule has 134 valence electrons. The Morgan fingerprint density at radius 2 is 1.92 bits per heavy atom. The minimum absolute atomic E-state index is 0.0259. The maximum atomic E-state index is 12.8. The summed E-state index contributed by atoms with van der Waals surface area (Å²) >= 11 is 0. The fraction of sp³-hybridized carbons (Fsp3) is 0.353. The smallest absolute Gasteiger partial charge is 0.261 e. The fourth-order valence-corrected chi connectivity index (χ4v) is 2.38. The van der Waals surface area contributed by atoms with Gasteiger partial charge in [-0.15, -0.1) is 0 Å². The van der Waals surface area contributed by atoms with Crippen molar-refractivity contribution in [2.45, 2.75) is 32.7 Å². The van der Waals surface area contributed by atoms with Crippen molar-refractivity contribution in [1.29, 1.82) is 0 Å². The molecule has 0 aromatic heterocycles. The van der Waals surface area contributed by atoms with Crippen LogP contribution in [0.2, 0.25) is 0 Å². The van der Waals surface area contributed by atoms with Crippen LogP contribution in [-0.4, -0.2) is 48.4 Å². The SMILES string of the molecule is CNC(=O)C(CCC=O)N(C=O)C(=O)c1cccc(NC(C)=O)c1C. The van der Waals surface area contributed by atoms with Gasteiger partial charge in [0.15, 0.2) is 0 Å². The highest BCUT2D eigenvalue weighted by Crippen LogP contribution is 2.21. The maximum Gasteiger partial charge on any atom is 0.261 e. The number of likely N-dealkylation sites (N-methyl/N-ethyl adjacent to an activating group) is 1. The van der Waals surface area contributed by atoms with Crippen molar-refractivity contribution < 1.29 is 24.0 Å². The van der Waals surface area contributed by atoms with Crippen LogP contribution in [-0.2, 0) is 19.2 Å². The average Bonchev–Trinajstić information content (AvgIpc) is 2.58. The molecular weight excluding hydrogens is 326 g/mol. The predicted octanol–water partition coefficient (Wildman–Crippen LogP) is 0.646. The number of imide groups is 1. The molecule has 0 saturated carbocycles. The lowest BCUT2D eigenvalue weighted by atomic mass is 10.0. The highest BCUT2D eigenvalue weighted by Gasteiger charge is 2.30. The first-order valence-corrected chi connectivity index (χ1v) is 7.67. The maximum absolute atomic E-state index is 12.8. The number of rotatable bonds is 8. The van der Waals surface area contributed by atoms with Gasteiger partial charge in [-0.25, -0.2) is 0 Å². The first kappa shape index (κ1) is 20.0. The van der Waals surface area contributed by atoms with Crippen molar-refractivity contribution in [1.82, 2.24) is 10.2 Å². The molecule has 8 heteroatoms. The Labute approximate surface area is 145 Å². The third-order valence-corrected chi connectivity index (χ3v) is 3.67. The zero-order valence-corrected chi connectivity index (χ0v) is 14.4. The third kappa shape index (κ3) is 4.97. The Bertz CT molecular complexity index is 687. The van der Waals surface area contributed by atoms with Gasteiger partial charge in [-0.05, 0) is 31.0 Å². The summed E-state index contributed by atoms with van der Waals surface area (Å²) in [7, 11) is 1.38. The number of benzene rings is 1. The standard InChI is InChI=1S/C17H21N3O5/c1-11-13(6-4-7-14(11)19-12(2)23)17(25)20(10-22)15(8-5-9-21)16(24)18-3/h4,6-7,9-10,15H,5,8H2,1-3H3,(H,18,24)(H,19,23). The molecule has 1 aromatic carbocycles. The molecule has 1 aromatic rings. The summed E-state index contributed by atoms with van der Waals surface area (Å²) in [5, 5.41) is 4.98. The van der Waals surface area contributed by atoms with Gasteiger partial charge in [-0.2, -0.15) is 0 Å². The van der Waals surface area contributed by atoms with E-state index in [1.54, 1.807) is 19.1 Å². The number of hydrogen-bond donors (Lipinski definition) is 2. The summed E-state index contributed by atoms with van der Waals surface area (Å²) in [5.74, 6) is -1.52. The number of hydrogen-bond acceptors (Lipinski definition) is 5. The van der Waals surface area contributed by atoms with Gasteiger partial charge in [0.05, 0.1) is 0 Å². The van der Waals surface area contributed by atoms with Gasteiger partial charge in [0, 0.05) is 31.6 Å². The molecule has 2 N–H and O–H groups in total. The molecule has 0 heterocycles. The third-order valence-electron chi connectivity index (χ3n) is 3.67. The lowest BCUT2D eigenvalue weighted by molar-refractivity contribution is -0.131. The van der Waals surface area contributed by atoms with E-state index in [1.165, 1.54) is 20.0 Å². The molecule has 0 aliphatic heterocycles. The summed E-state index contributed by atoms with van der Waals surface area (Å²) in [6.45, 7) is 2.97. The Kier molecular flexibility index (Phi) is 7.45. The van der Waals surface area contributed by atoms with Crippen molar-refractivity contribution in [3.05, 3.63) is 29.3 Å². The molecule has 0 radical (unpaired) electrons. The Balaban J connectivity index is 3.24. The molecule has 1 rings (SSSR count). The summed E-state index contributed by atoms with van der Waals surface area (Å²) in [5.41, 5.74) is 1.09. The Hall–Kier alpha value is -3.03. The molecular formula is C17H21N3O5. The number of amides is 4. The van der Waals surface area contributed by atoms with Gasteiger partial charge >= 0.3 is 0 Å². The number of aldehydes is 1. The van der Waals surface area contributed by atoms with E-state index in [0.717, 1.165) is 4.90 Å². The van der Waals surface area contributed by atoms with Gasteiger partial charge < -0.3 is 15.4 Å². The summed E-state index contributed by atoms with van der Waals surface area (Å²) < 4.78 is 0.